The third kappa shape index (κ3) is 2.70. The van der Waals surface area contributed by atoms with Gasteiger partial charge in [0.1, 0.15) is 18.3 Å². The maximum Gasteiger partial charge on any atom is 0.264 e. The monoisotopic (exact) mass is 328 g/mol. The molecule has 126 valence electrons. The molecule has 1 aromatic heterocycles. The molecule has 0 fully saturated rings. The highest BCUT2D eigenvalue weighted by atomic mass is 16.6. The molecular weight excluding hydrogens is 308 g/mol. The van der Waals surface area contributed by atoms with Gasteiger partial charge in [-0.2, -0.15) is 0 Å². The van der Waals surface area contributed by atoms with Gasteiger partial charge in [-0.15, -0.1) is 10.2 Å². The Balaban J connectivity index is 1.41. The SMILES string of the molecule is CCc1nnc2n1C[C@H](NC(=O)[C@H]1COc3ccccc3O1)CC2. The number of amides is 1. The van der Waals surface area contributed by atoms with Crippen molar-refractivity contribution >= 4 is 5.91 Å². The van der Waals surface area contributed by atoms with E-state index in [1.165, 1.54) is 0 Å². The lowest BCUT2D eigenvalue weighted by Crippen LogP contribution is -2.50. The minimum absolute atomic E-state index is 0.0621. The summed E-state index contributed by atoms with van der Waals surface area (Å²) in [5, 5.41) is 11.5. The van der Waals surface area contributed by atoms with E-state index in [2.05, 4.69) is 27.0 Å². The fraction of sp³-hybridized carbons (Fsp3) is 0.471. The first kappa shape index (κ1) is 15.0. The fourth-order valence-electron chi connectivity index (χ4n) is 3.21. The molecule has 2 aromatic rings. The van der Waals surface area contributed by atoms with Crippen LogP contribution < -0.4 is 14.8 Å². The van der Waals surface area contributed by atoms with E-state index < -0.39 is 6.10 Å². The first-order chi connectivity index (χ1) is 11.7. The number of carbonyl (C=O) groups excluding carboxylic acids is 1. The molecule has 7 heteroatoms. The number of nitrogens with zero attached hydrogens (tertiary/aromatic N) is 3. The zero-order chi connectivity index (χ0) is 16.5. The molecule has 1 N–H and O–H groups in total. The lowest BCUT2D eigenvalue weighted by atomic mass is 10.1. The molecule has 0 saturated heterocycles. The first-order valence-electron chi connectivity index (χ1n) is 8.34. The van der Waals surface area contributed by atoms with E-state index in [-0.39, 0.29) is 18.6 Å². The van der Waals surface area contributed by atoms with Crippen molar-refractivity contribution in [3.05, 3.63) is 35.9 Å². The highest BCUT2D eigenvalue weighted by molar-refractivity contribution is 5.82. The number of hydrogen-bond donors (Lipinski definition) is 1. The average molecular weight is 328 g/mol. The van der Waals surface area contributed by atoms with Gasteiger partial charge in [-0.25, -0.2) is 0 Å². The van der Waals surface area contributed by atoms with Gasteiger partial charge >= 0.3 is 0 Å². The zero-order valence-electron chi connectivity index (χ0n) is 13.6. The lowest BCUT2D eigenvalue weighted by Gasteiger charge is -2.29. The Labute approximate surface area is 140 Å². The highest BCUT2D eigenvalue weighted by Gasteiger charge is 2.30. The van der Waals surface area contributed by atoms with Crippen LogP contribution in [0.15, 0.2) is 24.3 Å². The Hall–Kier alpha value is -2.57. The molecule has 0 aliphatic carbocycles. The summed E-state index contributed by atoms with van der Waals surface area (Å²) in [5.74, 6) is 3.13. The number of para-hydroxylation sites is 2. The molecular formula is C17H20N4O3. The van der Waals surface area contributed by atoms with Gasteiger partial charge in [-0.1, -0.05) is 19.1 Å². The van der Waals surface area contributed by atoms with Crippen LogP contribution in [0.4, 0.5) is 0 Å². The van der Waals surface area contributed by atoms with Crippen molar-refractivity contribution in [2.24, 2.45) is 0 Å². The van der Waals surface area contributed by atoms with Crippen LogP contribution in [0.5, 0.6) is 11.5 Å². The third-order valence-electron chi connectivity index (χ3n) is 4.49. The van der Waals surface area contributed by atoms with Crippen LogP contribution in [0.3, 0.4) is 0 Å². The average Bonchev–Trinajstić information content (AvgIpc) is 3.03. The van der Waals surface area contributed by atoms with Crippen molar-refractivity contribution < 1.29 is 14.3 Å². The number of hydrogen-bond acceptors (Lipinski definition) is 5. The van der Waals surface area contributed by atoms with Crippen molar-refractivity contribution in [1.82, 2.24) is 20.1 Å². The summed E-state index contributed by atoms with van der Waals surface area (Å²) in [6.07, 6.45) is 1.90. The fourth-order valence-corrected chi connectivity index (χ4v) is 3.21. The zero-order valence-corrected chi connectivity index (χ0v) is 13.6. The van der Waals surface area contributed by atoms with E-state index in [0.29, 0.717) is 18.0 Å². The molecule has 0 spiro atoms. The van der Waals surface area contributed by atoms with Gasteiger partial charge in [-0.3, -0.25) is 4.79 Å². The molecule has 3 heterocycles. The quantitative estimate of drug-likeness (QED) is 0.913. The van der Waals surface area contributed by atoms with E-state index in [4.69, 9.17) is 9.47 Å². The van der Waals surface area contributed by atoms with Crippen molar-refractivity contribution in [1.29, 1.82) is 0 Å². The number of aryl methyl sites for hydroxylation is 2. The molecule has 2 aliphatic heterocycles. The molecule has 1 aromatic carbocycles. The second-order valence-electron chi connectivity index (χ2n) is 6.11. The number of benzene rings is 1. The molecule has 0 bridgehead atoms. The Morgan fingerprint density at radius 3 is 3.00 bits per heavy atom. The van der Waals surface area contributed by atoms with E-state index in [0.717, 1.165) is 30.9 Å². The second kappa shape index (κ2) is 6.14. The largest absolute Gasteiger partial charge is 0.485 e. The molecule has 0 unspecified atom stereocenters. The Bertz CT molecular complexity index is 745. The van der Waals surface area contributed by atoms with Crippen LogP contribution in [-0.4, -0.2) is 39.4 Å². The van der Waals surface area contributed by atoms with Gasteiger partial charge < -0.3 is 19.4 Å². The van der Waals surface area contributed by atoms with Crippen LogP contribution in [0.25, 0.3) is 0 Å². The summed E-state index contributed by atoms with van der Waals surface area (Å²) >= 11 is 0. The number of rotatable bonds is 3. The summed E-state index contributed by atoms with van der Waals surface area (Å²) in [5.41, 5.74) is 0. The minimum atomic E-state index is -0.618. The topological polar surface area (TPSA) is 78.3 Å². The van der Waals surface area contributed by atoms with E-state index >= 15 is 0 Å². The molecule has 24 heavy (non-hydrogen) atoms. The van der Waals surface area contributed by atoms with Crippen molar-refractivity contribution in [3.8, 4) is 11.5 Å². The number of fused-ring (bicyclic) bond motifs is 2. The molecule has 2 aliphatic rings. The van der Waals surface area contributed by atoms with Gasteiger partial charge in [0.05, 0.1) is 0 Å². The number of aromatic nitrogens is 3. The van der Waals surface area contributed by atoms with Crippen LogP contribution in [0, 0.1) is 0 Å². The Morgan fingerprint density at radius 2 is 2.17 bits per heavy atom. The smallest absolute Gasteiger partial charge is 0.264 e. The molecule has 1 amide bonds. The predicted octanol–water partition coefficient (Wildman–Crippen LogP) is 1.11. The molecule has 0 radical (unpaired) electrons. The molecule has 4 rings (SSSR count). The van der Waals surface area contributed by atoms with E-state index in [9.17, 15) is 4.79 Å². The highest BCUT2D eigenvalue weighted by Crippen LogP contribution is 2.31. The van der Waals surface area contributed by atoms with Gasteiger partial charge in [0, 0.05) is 25.4 Å². The molecule has 2 atom stereocenters. The van der Waals surface area contributed by atoms with Crippen LogP contribution in [0.1, 0.15) is 25.0 Å². The Kier molecular flexibility index (Phi) is 3.84. The lowest BCUT2D eigenvalue weighted by molar-refractivity contribution is -0.131. The standard InChI is InChI=1S/C17H20N4O3/c1-2-15-19-20-16-8-7-11(9-21(15)16)18-17(22)14-10-23-12-5-3-4-6-13(12)24-14/h3-6,11,14H,2,7-10H2,1H3,(H,18,22)/t11-,14-/m1/s1. The Morgan fingerprint density at radius 1 is 1.33 bits per heavy atom. The second-order valence-corrected chi connectivity index (χ2v) is 6.11. The normalized spacial score (nSPS) is 21.9. The van der Waals surface area contributed by atoms with Crippen LogP contribution >= 0.6 is 0 Å². The summed E-state index contributed by atoms with van der Waals surface area (Å²) in [6.45, 7) is 3.00. The number of ether oxygens (including phenoxy) is 2. The number of carbonyl (C=O) groups is 1. The predicted molar refractivity (Wildman–Crippen MR) is 86.0 cm³/mol. The van der Waals surface area contributed by atoms with Gasteiger partial charge in [0.15, 0.2) is 11.5 Å². The molecule has 7 nitrogen and oxygen atoms in total. The number of nitrogens with one attached hydrogen (secondary N) is 1. The van der Waals surface area contributed by atoms with Gasteiger partial charge in [-0.05, 0) is 18.6 Å². The van der Waals surface area contributed by atoms with Gasteiger partial charge in [0.25, 0.3) is 5.91 Å². The van der Waals surface area contributed by atoms with Crippen molar-refractivity contribution in [2.45, 2.75) is 44.9 Å². The maximum atomic E-state index is 12.5. The minimum Gasteiger partial charge on any atom is -0.485 e. The van der Waals surface area contributed by atoms with Crippen molar-refractivity contribution in [2.75, 3.05) is 6.61 Å². The van der Waals surface area contributed by atoms with Crippen LogP contribution in [0.2, 0.25) is 0 Å². The summed E-state index contributed by atoms with van der Waals surface area (Å²) in [4.78, 5) is 12.5. The maximum absolute atomic E-state index is 12.5. The molecule has 0 saturated carbocycles. The first-order valence-corrected chi connectivity index (χ1v) is 8.34. The van der Waals surface area contributed by atoms with E-state index in [1.807, 2.05) is 24.3 Å². The summed E-state index contributed by atoms with van der Waals surface area (Å²) < 4.78 is 13.5. The third-order valence-corrected chi connectivity index (χ3v) is 4.49. The summed E-state index contributed by atoms with van der Waals surface area (Å²) in [7, 11) is 0. The van der Waals surface area contributed by atoms with E-state index in [1.54, 1.807) is 0 Å². The van der Waals surface area contributed by atoms with Crippen LogP contribution in [-0.2, 0) is 24.2 Å². The van der Waals surface area contributed by atoms with Crippen molar-refractivity contribution in [3.63, 3.8) is 0 Å². The summed E-state index contributed by atoms with van der Waals surface area (Å²) in [6, 6.07) is 7.46. The van der Waals surface area contributed by atoms with Gasteiger partial charge in [0.2, 0.25) is 6.10 Å².